The lowest BCUT2D eigenvalue weighted by molar-refractivity contribution is -0.137. The van der Waals surface area contributed by atoms with Gasteiger partial charge in [-0.3, -0.25) is 20.0 Å². The maximum absolute atomic E-state index is 12.3. The third kappa shape index (κ3) is 4.43. The first-order valence-corrected chi connectivity index (χ1v) is 9.99. The van der Waals surface area contributed by atoms with Gasteiger partial charge in [-0.15, -0.1) is 5.10 Å². The van der Waals surface area contributed by atoms with Crippen molar-refractivity contribution in [2.45, 2.75) is 25.3 Å². The van der Waals surface area contributed by atoms with E-state index in [2.05, 4.69) is 25.8 Å². The molecule has 0 saturated carbocycles. The zero-order chi connectivity index (χ0) is 22.7. The van der Waals surface area contributed by atoms with Crippen LogP contribution in [0, 0.1) is 0 Å². The maximum Gasteiger partial charge on any atom is 0.414 e. The molecule has 0 bridgehead atoms. The van der Waals surface area contributed by atoms with E-state index in [4.69, 9.17) is 9.84 Å². The summed E-state index contributed by atoms with van der Waals surface area (Å²) < 4.78 is 5.41. The summed E-state index contributed by atoms with van der Waals surface area (Å²) >= 11 is 0. The van der Waals surface area contributed by atoms with E-state index in [9.17, 15) is 14.4 Å². The van der Waals surface area contributed by atoms with Crippen molar-refractivity contribution in [3.63, 3.8) is 0 Å². The number of aliphatic carboxylic acids is 1. The highest BCUT2D eigenvalue weighted by Gasteiger charge is 2.29. The van der Waals surface area contributed by atoms with Crippen LogP contribution in [0.15, 0.2) is 48.5 Å². The van der Waals surface area contributed by atoms with Crippen LogP contribution in [-0.2, 0) is 9.53 Å². The fourth-order valence-corrected chi connectivity index (χ4v) is 3.75. The monoisotopic (exact) mass is 435 g/mol. The number of hydrogen-bond donors (Lipinski definition) is 4. The summed E-state index contributed by atoms with van der Waals surface area (Å²) in [5, 5.41) is 19.8. The van der Waals surface area contributed by atoms with Crippen molar-refractivity contribution >= 4 is 23.9 Å². The standard InChI is InChI=1S/C22H21N5O5/c1-12(10-18(28)29)23-20(30)19-24-21(27-26-19)25-22(31)32-11-17-15-8-4-2-6-13(15)14-7-3-5-9-16(14)17/h2-9,12,17H,10-11H2,1H3,(H,23,30)(H,28,29)(H2,24,25,26,27,31)/t12-/m1/s1. The number of hydrogen-bond acceptors (Lipinski definition) is 6. The number of nitrogens with one attached hydrogen (secondary N) is 3. The summed E-state index contributed by atoms with van der Waals surface area (Å²) in [5.74, 6) is -2.04. The average Bonchev–Trinajstić information content (AvgIpc) is 3.34. The van der Waals surface area contributed by atoms with Gasteiger partial charge in [0, 0.05) is 12.0 Å². The molecule has 0 saturated heterocycles. The lowest BCUT2D eigenvalue weighted by Crippen LogP contribution is -2.34. The van der Waals surface area contributed by atoms with Gasteiger partial charge in [-0.1, -0.05) is 48.5 Å². The highest BCUT2D eigenvalue weighted by atomic mass is 16.5. The number of aromatic nitrogens is 3. The first-order chi connectivity index (χ1) is 15.4. The second kappa shape index (κ2) is 8.88. The molecule has 2 aromatic carbocycles. The van der Waals surface area contributed by atoms with Gasteiger partial charge in [0.1, 0.15) is 6.61 Å². The number of carbonyl (C=O) groups excluding carboxylic acids is 2. The average molecular weight is 435 g/mol. The molecule has 164 valence electrons. The maximum atomic E-state index is 12.3. The highest BCUT2D eigenvalue weighted by Crippen LogP contribution is 2.44. The third-order valence-electron chi connectivity index (χ3n) is 5.12. The van der Waals surface area contributed by atoms with Crippen molar-refractivity contribution in [1.29, 1.82) is 0 Å². The number of H-pyrrole nitrogens is 1. The molecule has 10 nitrogen and oxygen atoms in total. The molecule has 2 amide bonds. The summed E-state index contributed by atoms with van der Waals surface area (Å²) in [6.45, 7) is 1.68. The van der Waals surface area contributed by atoms with Crippen LogP contribution in [0.25, 0.3) is 11.1 Å². The molecule has 32 heavy (non-hydrogen) atoms. The highest BCUT2D eigenvalue weighted by molar-refractivity contribution is 5.91. The van der Waals surface area contributed by atoms with E-state index >= 15 is 0 Å². The van der Waals surface area contributed by atoms with Gasteiger partial charge in [0.15, 0.2) is 0 Å². The first-order valence-electron chi connectivity index (χ1n) is 9.99. The number of amides is 2. The van der Waals surface area contributed by atoms with Crippen molar-refractivity contribution in [3.05, 3.63) is 65.5 Å². The molecule has 1 atom stereocenters. The quantitative estimate of drug-likeness (QED) is 0.446. The molecule has 0 spiro atoms. The van der Waals surface area contributed by atoms with Crippen LogP contribution in [0.2, 0.25) is 0 Å². The van der Waals surface area contributed by atoms with Gasteiger partial charge < -0.3 is 15.2 Å². The minimum absolute atomic E-state index is 0.0858. The molecule has 10 heteroatoms. The molecule has 0 fully saturated rings. The topological polar surface area (TPSA) is 146 Å². The number of nitrogens with zero attached hydrogens (tertiary/aromatic N) is 2. The van der Waals surface area contributed by atoms with Gasteiger partial charge in [-0.05, 0) is 29.2 Å². The number of rotatable bonds is 7. The number of benzene rings is 2. The third-order valence-corrected chi connectivity index (χ3v) is 5.12. The summed E-state index contributed by atoms with van der Waals surface area (Å²) in [4.78, 5) is 39.0. The van der Waals surface area contributed by atoms with Crippen molar-refractivity contribution in [2.24, 2.45) is 0 Å². The molecule has 4 rings (SSSR count). The van der Waals surface area contributed by atoms with Gasteiger partial charge in [0.2, 0.25) is 5.82 Å². The smallest absolute Gasteiger partial charge is 0.414 e. The SMILES string of the molecule is C[C@H](CC(=O)O)NC(=O)c1nc(NC(=O)OCC2c3ccccc3-c3ccccc32)n[nH]1. The van der Waals surface area contributed by atoms with Crippen LogP contribution in [0.4, 0.5) is 10.7 Å². The van der Waals surface area contributed by atoms with E-state index in [1.165, 1.54) is 0 Å². The van der Waals surface area contributed by atoms with E-state index < -0.39 is 24.0 Å². The predicted molar refractivity (Wildman–Crippen MR) is 114 cm³/mol. The Morgan fingerprint density at radius 1 is 1.09 bits per heavy atom. The minimum atomic E-state index is -1.03. The first kappa shape index (κ1) is 21.0. The molecule has 1 heterocycles. The van der Waals surface area contributed by atoms with Crippen LogP contribution in [-0.4, -0.2) is 50.9 Å². The van der Waals surface area contributed by atoms with Gasteiger partial charge in [-0.25, -0.2) is 4.79 Å². The largest absolute Gasteiger partial charge is 0.481 e. The number of carbonyl (C=O) groups is 3. The van der Waals surface area contributed by atoms with Crippen molar-refractivity contribution in [1.82, 2.24) is 20.5 Å². The molecule has 1 aliphatic carbocycles. The summed E-state index contributed by atoms with van der Waals surface area (Å²) in [6.07, 6.45) is -0.984. The fourth-order valence-electron chi connectivity index (χ4n) is 3.75. The molecule has 1 aromatic heterocycles. The van der Waals surface area contributed by atoms with E-state index in [1.807, 2.05) is 48.5 Å². The molecule has 3 aromatic rings. The zero-order valence-electron chi connectivity index (χ0n) is 17.2. The Kier molecular flexibility index (Phi) is 5.84. The van der Waals surface area contributed by atoms with Gasteiger partial charge in [0.25, 0.3) is 11.9 Å². The molecule has 4 N–H and O–H groups in total. The molecular formula is C22H21N5O5. The summed E-state index contributed by atoms with van der Waals surface area (Å²) in [6, 6.07) is 15.4. The number of aromatic amines is 1. The molecule has 0 radical (unpaired) electrons. The number of fused-ring (bicyclic) bond motifs is 3. The lowest BCUT2D eigenvalue weighted by atomic mass is 9.98. The predicted octanol–water partition coefficient (Wildman–Crippen LogP) is 2.76. The van der Waals surface area contributed by atoms with E-state index in [0.717, 1.165) is 22.3 Å². The Labute approximate surface area is 183 Å². The number of anilines is 1. The van der Waals surface area contributed by atoms with Crippen LogP contribution < -0.4 is 10.6 Å². The Morgan fingerprint density at radius 2 is 1.72 bits per heavy atom. The fraction of sp³-hybridized carbons (Fsp3) is 0.227. The molecular weight excluding hydrogens is 414 g/mol. The Hall–Kier alpha value is -4.21. The zero-order valence-corrected chi connectivity index (χ0v) is 17.2. The van der Waals surface area contributed by atoms with Crippen molar-refractivity contribution < 1.29 is 24.2 Å². The second-order valence-electron chi connectivity index (χ2n) is 7.43. The normalized spacial score (nSPS) is 13.0. The van der Waals surface area contributed by atoms with Gasteiger partial charge >= 0.3 is 12.1 Å². The second-order valence-corrected chi connectivity index (χ2v) is 7.43. The van der Waals surface area contributed by atoms with E-state index in [1.54, 1.807) is 6.92 Å². The van der Waals surface area contributed by atoms with E-state index in [-0.39, 0.29) is 30.7 Å². The lowest BCUT2D eigenvalue weighted by Gasteiger charge is -2.13. The Balaban J connectivity index is 1.35. The van der Waals surface area contributed by atoms with Crippen molar-refractivity contribution in [2.75, 3.05) is 11.9 Å². The Morgan fingerprint density at radius 3 is 2.34 bits per heavy atom. The summed E-state index contributed by atoms with van der Waals surface area (Å²) in [7, 11) is 0. The van der Waals surface area contributed by atoms with Crippen LogP contribution in [0.3, 0.4) is 0 Å². The number of carboxylic acids is 1. The summed E-state index contributed by atoms with van der Waals surface area (Å²) in [5.41, 5.74) is 4.43. The molecule has 0 unspecified atom stereocenters. The molecule has 0 aliphatic heterocycles. The van der Waals surface area contributed by atoms with Crippen molar-refractivity contribution in [3.8, 4) is 11.1 Å². The minimum Gasteiger partial charge on any atom is -0.481 e. The van der Waals surface area contributed by atoms with Crippen LogP contribution in [0.1, 0.15) is 41.0 Å². The Bertz CT molecular complexity index is 1130. The molecule has 1 aliphatic rings. The number of ether oxygens (including phenoxy) is 1. The number of carboxylic acid groups (broad SMARTS) is 1. The van der Waals surface area contributed by atoms with Gasteiger partial charge in [0.05, 0.1) is 6.42 Å². The van der Waals surface area contributed by atoms with E-state index in [0.29, 0.717) is 0 Å². The van der Waals surface area contributed by atoms with Crippen LogP contribution >= 0.6 is 0 Å². The van der Waals surface area contributed by atoms with Gasteiger partial charge in [-0.2, -0.15) is 4.98 Å². The van der Waals surface area contributed by atoms with Crippen LogP contribution in [0.5, 0.6) is 0 Å².